The van der Waals surface area contributed by atoms with Crippen LogP contribution in [-0.4, -0.2) is 16.8 Å². The fourth-order valence-electron chi connectivity index (χ4n) is 2.87. The minimum Gasteiger partial charge on any atom is -0.444 e. The van der Waals surface area contributed by atoms with Crippen molar-refractivity contribution in [1.29, 1.82) is 0 Å². The van der Waals surface area contributed by atoms with Crippen LogP contribution in [0, 0.1) is 0 Å². The summed E-state index contributed by atoms with van der Waals surface area (Å²) in [7, 11) is 0. The van der Waals surface area contributed by atoms with Crippen LogP contribution in [-0.2, 0) is 12.8 Å². The van der Waals surface area contributed by atoms with E-state index in [-0.39, 0.29) is 0 Å². The number of hydrogen-bond acceptors (Lipinski definition) is 6. The van der Waals surface area contributed by atoms with Gasteiger partial charge < -0.3 is 15.8 Å². The fourth-order valence-corrected chi connectivity index (χ4v) is 4.87. The molecule has 0 radical (unpaired) electrons. The SMILES string of the molecule is CC1=CCNC=C1Oc1sc(C(N)=O)c2c1-c1sncc1CC2. The number of dihydropyridines is 1. The number of rotatable bonds is 3. The van der Waals surface area contributed by atoms with E-state index in [0.29, 0.717) is 4.88 Å². The first-order valence-corrected chi connectivity index (χ1v) is 8.92. The maximum Gasteiger partial charge on any atom is 0.259 e. The average molecular weight is 345 g/mol. The van der Waals surface area contributed by atoms with Gasteiger partial charge in [-0.1, -0.05) is 17.4 Å². The molecule has 1 aliphatic heterocycles. The molecule has 1 aliphatic carbocycles. The molecule has 7 heteroatoms. The Bertz CT molecular complexity index is 861. The first-order chi connectivity index (χ1) is 11.1. The zero-order chi connectivity index (χ0) is 16.0. The quantitative estimate of drug-likeness (QED) is 0.897. The molecule has 0 saturated carbocycles. The van der Waals surface area contributed by atoms with Crippen LogP contribution in [0.5, 0.6) is 5.06 Å². The van der Waals surface area contributed by atoms with Crippen molar-refractivity contribution in [2.75, 3.05) is 6.54 Å². The van der Waals surface area contributed by atoms with Crippen LogP contribution in [0.4, 0.5) is 0 Å². The highest BCUT2D eigenvalue weighted by Gasteiger charge is 2.30. The van der Waals surface area contributed by atoms with Gasteiger partial charge in [-0.2, -0.15) is 0 Å². The number of thiophene rings is 1. The molecule has 0 atom stereocenters. The Morgan fingerprint density at radius 1 is 1.43 bits per heavy atom. The zero-order valence-corrected chi connectivity index (χ0v) is 14.1. The summed E-state index contributed by atoms with van der Waals surface area (Å²) in [5.41, 5.74) is 9.85. The molecule has 4 rings (SSSR count). The van der Waals surface area contributed by atoms with Crippen molar-refractivity contribution in [2.24, 2.45) is 5.73 Å². The third-order valence-electron chi connectivity index (χ3n) is 4.06. The summed E-state index contributed by atoms with van der Waals surface area (Å²) in [5.74, 6) is 0.380. The Hall–Kier alpha value is -2.12. The summed E-state index contributed by atoms with van der Waals surface area (Å²) < 4.78 is 10.4. The van der Waals surface area contributed by atoms with Gasteiger partial charge in [0.25, 0.3) is 5.91 Å². The predicted octanol–water partition coefficient (Wildman–Crippen LogP) is 2.84. The van der Waals surface area contributed by atoms with Crippen LogP contribution >= 0.6 is 22.9 Å². The highest BCUT2D eigenvalue weighted by atomic mass is 32.1. The molecule has 23 heavy (non-hydrogen) atoms. The number of carbonyl (C=O) groups is 1. The number of fused-ring (bicyclic) bond motifs is 3. The van der Waals surface area contributed by atoms with E-state index >= 15 is 0 Å². The number of nitrogens with two attached hydrogens (primary N) is 1. The second-order valence-electron chi connectivity index (χ2n) is 5.52. The Balaban J connectivity index is 1.83. The molecular formula is C16H15N3O2S2. The number of nitrogens with zero attached hydrogens (tertiary/aromatic N) is 1. The summed E-state index contributed by atoms with van der Waals surface area (Å²) >= 11 is 2.78. The predicted molar refractivity (Wildman–Crippen MR) is 91.8 cm³/mol. The number of carbonyl (C=O) groups excluding carboxylic acids is 1. The average Bonchev–Trinajstić information content (AvgIpc) is 3.13. The van der Waals surface area contributed by atoms with Gasteiger partial charge >= 0.3 is 0 Å². The van der Waals surface area contributed by atoms with Crippen LogP contribution in [0.1, 0.15) is 27.7 Å². The van der Waals surface area contributed by atoms with Gasteiger partial charge in [-0.15, -0.1) is 0 Å². The molecule has 2 aromatic rings. The van der Waals surface area contributed by atoms with Gasteiger partial charge in [0.1, 0.15) is 5.76 Å². The number of aryl methyl sites for hydroxylation is 1. The van der Waals surface area contributed by atoms with E-state index in [1.165, 1.54) is 28.4 Å². The van der Waals surface area contributed by atoms with Crippen molar-refractivity contribution in [1.82, 2.24) is 9.69 Å². The molecule has 0 unspecified atom stereocenters. The third-order valence-corrected chi connectivity index (χ3v) is 6.05. The monoisotopic (exact) mass is 345 g/mol. The number of aromatic nitrogens is 1. The molecule has 2 aromatic heterocycles. The number of primary amides is 1. The van der Waals surface area contributed by atoms with Crippen molar-refractivity contribution in [3.63, 3.8) is 0 Å². The molecular weight excluding hydrogens is 330 g/mol. The largest absolute Gasteiger partial charge is 0.444 e. The van der Waals surface area contributed by atoms with E-state index in [1.807, 2.05) is 19.3 Å². The van der Waals surface area contributed by atoms with Crippen LogP contribution in [0.25, 0.3) is 10.4 Å². The highest BCUT2D eigenvalue weighted by molar-refractivity contribution is 7.17. The fraction of sp³-hybridized carbons (Fsp3) is 0.250. The van der Waals surface area contributed by atoms with Gasteiger partial charge in [-0.3, -0.25) is 4.79 Å². The first kappa shape index (κ1) is 14.5. The second kappa shape index (κ2) is 5.50. The number of amides is 1. The van der Waals surface area contributed by atoms with Crippen molar-refractivity contribution in [2.45, 2.75) is 19.8 Å². The molecule has 2 aliphatic rings. The molecule has 0 spiro atoms. The summed E-state index contributed by atoms with van der Waals surface area (Å²) in [4.78, 5) is 13.5. The molecule has 118 valence electrons. The molecule has 1 amide bonds. The maximum atomic E-state index is 11.8. The molecule has 3 heterocycles. The normalized spacial score (nSPS) is 15.9. The Labute approximate surface area is 141 Å². The molecule has 0 aromatic carbocycles. The lowest BCUT2D eigenvalue weighted by molar-refractivity contribution is 0.100. The standard InChI is InChI=1S/C16H15N3O2S2/c1-8-4-5-18-7-11(8)21-16-12-10(14(22-16)15(17)20)3-2-9-6-19-23-13(9)12/h4,6-7,18H,2-3,5H2,1H3,(H2,17,20). The topological polar surface area (TPSA) is 77.2 Å². The van der Waals surface area contributed by atoms with Gasteiger partial charge in [-0.05, 0) is 48.0 Å². The van der Waals surface area contributed by atoms with E-state index in [0.717, 1.165) is 51.8 Å². The van der Waals surface area contributed by atoms with Gasteiger partial charge in [0, 0.05) is 18.9 Å². The zero-order valence-electron chi connectivity index (χ0n) is 12.5. The van der Waals surface area contributed by atoms with Gasteiger partial charge in [0.2, 0.25) is 0 Å². The summed E-state index contributed by atoms with van der Waals surface area (Å²) in [6, 6.07) is 0. The first-order valence-electron chi connectivity index (χ1n) is 7.33. The van der Waals surface area contributed by atoms with Gasteiger partial charge in [0.15, 0.2) is 5.06 Å². The minimum absolute atomic E-state index is 0.392. The van der Waals surface area contributed by atoms with Gasteiger partial charge in [-0.25, -0.2) is 4.37 Å². The van der Waals surface area contributed by atoms with Crippen LogP contribution < -0.4 is 15.8 Å². The highest BCUT2D eigenvalue weighted by Crippen LogP contribution is 2.49. The van der Waals surface area contributed by atoms with Crippen LogP contribution in [0.15, 0.2) is 29.8 Å². The Morgan fingerprint density at radius 3 is 3.09 bits per heavy atom. The molecule has 0 fully saturated rings. The van der Waals surface area contributed by atoms with Crippen molar-refractivity contribution < 1.29 is 9.53 Å². The van der Waals surface area contributed by atoms with Crippen molar-refractivity contribution >= 4 is 28.8 Å². The van der Waals surface area contributed by atoms with E-state index in [4.69, 9.17) is 10.5 Å². The number of nitrogens with one attached hydrogen (secondary N) is 1. The molecule has 0 bridgehead atoms. The van der Waals surface area contributed by atoms with E-state index < -0.39 is 5.91 Å². The van der Waals surface area contributed by atoms with E-state index in [9.17, 15) is 4.79 Å². The molecule has 5 nitrogen and oxygen atoms in total. The van der Waals surface area contributed by atoms with Gasteiger partial charge in [0.05, 0.1) is 15.3 Å². The lowest BCUT2D eigenvalue weighted by atomic mass is 9.93. The minimum atomic E-state index is -0.392. The Kier molecular flexibility index (Phi) is 3.46. The van der Waals surface area contributed by atoms with Crippen molar-refractivity contribution in [3.8, 4) is 15.5 Å². The summed E-state index contributed by atoms with van der Waals surface area (Å²) in [5, 5.41) is 3.87. The number of hydrogen-bond donors (Lipinski definition) is 2. The molecule has 0 saturated heterocycles. The third kappa shape index (κ3) is 2.36. The lowest BCUT2D eigenvalue weighted by Crippen LogP contribution is -2.14. The smallest absolute Gasteiger partial charge is 0.259 e. The van der Waals surface area contributed by atoms with Crippen LogP contribution in [0.2, 0.25) is 0 Å². The lowest BCUT2D eigenvalue weighted by Gasteiger charge is -2.17. The van der Waals surface area contributed by atoms with E-state index in [1.54, 1.807) is 0 Å². The van der Waals surface area contributed by atoms with Crippen LogP contribution in [0.3, 0.4) is 0 Å². The maximum absolute atomic E-state index is 11.8. The summed E-state index contributed by atoms with van der Waals surface area (Å²) in [6.45, 7) is 2.81. The number of allylic oxidation sites excluding steroid dienone is 1. The summed E-state index contributed by atoms with van der Waals surface area (Å²) in [6.07, 6.45) is 7.52. The Morgan fingerprint density at radius 2 is 2.30 bits per heavy atom. The second-order valence-corrected chi connectivity index (χ2v) is 7.31. The van der Waals surface area contributed by atoms with Crippen molar-refractivity contribution in [3.05, 3.63) is 45.8 Å². The van der Waals surface area contributed by atoms with E-state index in [2.05, 4.69) is 15.8 Å². The number of ether oxygens (including phenoxy) is 1. The molecule has 3 N–H and O–H groups in total.